The number of nitrogens with zero attached hydrogens (tertiary/aromatic N) is 6. The maximum Gasteiger partial charge on any atom is 0.241 e. The molecular weight excluding hydrogens is 280 g/mol. The standard InChI is InChI=1S/C12H15ClN6O/c1-8(20)9-2-4-18(6-9)11-15-10(13)16-12(17-11)19-5-3-14-7-19/h3,5,7-9,20H,2,4,6H2,1H3. The molecule has 106 valence electrons. The van der Waals surface area contributed by atoms with Crippen LogP contribution in [0.5, 0.6) is 0 Å². The minimum atomic E-state index is -0.328. The van der Waals surface area contributed by atoms with Crippen molar-refractivity contribution in [3.63, 3.8) is 0 Å². The van der Waals surface area contributed by atoms with Crippen LogP contribution in [0, 0.1) is 5.92 Å². The van der Waals surface area contributed by atoms with Gasteiger partial charge >= 0.3 is 0 Å². The van der Waals surface area contributed by atoms with Gasteiger partial charge in [0, 0.05) is 31.4 Å². The molecule has 2 aromatic rings. The van der Waals surface area contributed by atoms with Gasteiger partial charge in [-0.3, -0.25) is 4.57 Å². The van der Waals surface area contributed by atoms with Gasteiger partial charge in [-0.25, -0.2) is 4.98 Å². The average molecular weight is 295 g/mol. The molecule has 8 heteroatoms. The Kier molecular flexibility index (Phi) is 3.54. The fourth-order valence-electron chi connectivity index (χ4n) is 2.33. The van der Waals surface area contributed by atoms with Crippen molar-refractivity contribution in [3.8, 4) is 5.95 Å². The molecular formula is C12H15ClN6O. The van der Waals surface area contributed by atoms with Crippen molar-refractivity contribution < 1.29 is 5.11 Å². The van der Waals surface area contributed by atoms with Crippen molar-refractivity contribution in [2.24, 2.45) is 5.92 Å². The predicted molar refractivity (Wildman–Crippen MR) is 74.0 cm³/mol. The zero-order valence-electron chi connectivity index (χ0n) is 11.0. The summed E-state index contributed by atoms with van der Waals surface area (Å²) in [7, 11) is 0. The van der Waals surface area contributed by atoms with Crippen molar-refractivity contribution in [2.45, 2.75) is 19.4 Å². The Morgan fingerprint density at radius 3 is 2.80 bits per heavy atom. The average Bonchev–Trinajstić information content (AvgIpc) is 3.10. The lowest BCUT2D eigenvalue weighted by Crippen LogP contribution is -2.26. The van der Waals surface area contributed by atoms with E-state index in [1.807, 2.05) is 11.8 Å². The second kappa shape index (κ2) is 5.34. The Labute approximate surface area is 121 Å². The Hall–Kier alpha value is -1.73. The third kappa shape index (κ3) is 2.59. The molecule has 2 atom stereocenters. The van der Waals surface area contributed by atoms with Crippen LogP contribution in [-0.4, -0.2) is 48.8 Å². The molecule has 3 rings (SSSR count). The summed E-state index contributed by atoms with van der Waals surface area (Å²) in [5, 5.41) is 9.81. The van der Waals surface area contributed by atoms with E-state index >= 15 is 0 Å². The lowest BCUT2D eigenvalue weighted by atomic mass is 10.0. The molecule has 1 aliphatic heterocycles. The zero-order chi connectivity index (χ0) is 14.1. The Bertz CT molecular complexity index is 588. The van der Waals surface area contributed by atoms with Crippen molar-refractivity contribution in [1.82, 2.24) is 24.5 Å². The molecule has 0 aromatic carbocycles. The van der Waals surface area contributed by atoms with E-state index < -0.39 is 0 Å². The molecule has 0 bridgehead atoms. The first-order valence-electron chi connectivity index (χ1n) is 6.46. The summed E-state index contributed by atoms with van der Waals surface area (Å²) in [6, 6.07) is 0. The van der Waals surface area contributed by atoms with Gasteiger partial charge in [0.15, 0.2) is 0 Å². The van der Waals surface area contributed by atoms with Crippen molar-refractivity contribution in [2.75, 3.05) is 18.0 Å². The molecule has 3 heterocycles. The van der Waals surface area contributed by atoms with E-state index in [4.69, 9.17) is 11.6 Å². The maximum absolute atomic E-state index is 9.66. The van der Waals surface area contributed by atoms with Crippen LogP contribution < -0.4 is 4.90 Å². The SMILES string of the molecule is CC(O)C1CCN(c2nc(Cl)nc(-n3ccnc3)n2)C1. The third-order valence-corrected chi connectivity index (χ3v) is 3.68. The van der Waals surface area contributed by atoms with Crippen molar-refractivity contribution in [1.29, 1.82) is 0 Å². The molecule has 1 aliphatic rings. The number of anilines is 1. The van der Waals surface area contributed by atoms with Gasteiger partial charge in [-0.15, -0.1) is 0 Å². The van der Waals surface area contributed by atoms with Gasteiger partial charge in [-0.1, -0.05) is 0 Å². The van der Waals surface area contributed by atoms with Gasteiger partial charge < -0.3 is 10.0 Å². The fraction of sp³-hybridized carbons (Fsp3) is 0.500. The molecule has 1 saturated heterocycles. The van der Waals surface area contributed by atoms with Crippen LogP contribution in [0.2, 0.25) is 5.28 Å². The lowest BCUT2D eigenvalue weighted by Gasteiger charge is -2.18. The van der Waals surface area contributed by atoms with Crippen LogP contribution in [0.25, 0.3) is 5.95 Å². The summed E-state index contributed by atoms with van der Waals surface area (Å²) in [5.74, 6) is 1.22. The van der Waals surface area contributed by atoms with E-state index in [1.54, 1.807) is 23.3 Å². The maximum atomic E-state index is 9.66. The number of aliphatic hydroxyl groups is 1. The molecule has 1 N–H and O–H groups in total. The van der Waals surface area contributed by atoms with Crippen LogP contribution in [0.3, 0.4) is 0 Å². The summed E-state index contributed by atoms with van der Waals surface area (Å²) in [6.45, 7) is 3.34. The second-order valence-electron chi connectivity index (χ2n) is 4.91. The highest BCUT2D eigenvalue weighted by Crippen LogP contribution is 2.24. The Morgan fingerprint density at radius 2 is 2.15 bits per heavy atom. The quantitative estimate of drug-likeness (QED) is 0.907. The first-order chi connectivity index (χ1) is 9.63. The van der Waals surface area contributed by atoms with E-state index in [1.165, 1.54) is 0 Å². The smallest absolute Gasteiger partial charge is 0.241 e. The summed E-state index contributed by atoms with van der Waals surface area (Å²) >= 11 is 5.97. The molecule has 2 unspecified atom stereocenters. The second-order valence-corrected chi connectivity index (χ2v) is 5.25. The molecule has 0 saturated carbocycles. The van der Waals surface area contributed by atoms with E-state index in [0.717, 1.165) is 19.5 Å². The highest BCUT2D eigenvalue weighted by molar-refractivity contribution is 6.28. The van der Waals surface area contributed by atoms with Crippen molar-refractivity contribution in [3.05, 3.63) is 24.0 Å². The van der Waals surface area contributed by atoms with Gasteiger partial charge in [-0.05, 0) is 24.9 Å². The fourth-order valence-corrected chi connectivity index (χ4v) is 2.48. The first kappa shape index (κ1) is 13.3. The normalized spacial score (nSPS) is 20.4. The summed E-state index contributed by atoms with van der Waals surface area (Å²) in [5.41, 5.74) is 0. The monoisotopic (exact) mass is 294 g/mol. The van der Waals surface area contributed by atoms with Crippen LogP contribution in [0.1, 0.15) is 13.3 Å². The van der Waals surface area contributed by atoms with E-state index in [0.29, 0.717) is 11.9 Å². The number of halogens is 1. The van der Waals surface area contributed by atoms with Gasteiger partial charge in [-0.2, -0.15) is 15.0 Å². The van der Waals surface area contributed by atoms with Gasteiger partial charge in [0.25, 0.3) is 0 Å². The summed E-state index contributed by atoms with van der Waals surface area (Å²) < 4.78 is 1.68. The minimum Gasteiger partial charge on any atom is -0.393 e. The number of hydrogen-bond donors (Lipinski definition) is 1. The molecule has 20 heavy (non-hydrogen) atoms. The third-order valence-electron chi connectivity index (χ3n) is 3.51. The Morgan fingerprint density at radius 1 is 1.35 bits per heavy atom. The first-order valence-corrected chi connectivity index (χ1v) is 6.84. The molecule has 0 amide bonds. The molecule has 0 spiro atoms. The van der Waals surface area contributed by atoms with E-state index in [9.17, 15) is 5.11 Å². The van der Waals surface area contributed by atoms with E-state index in [-0.39, 0.29) is 17.3 Å². The molecule has 2 aromatic heterocycles. The zero-order valence-corrected chi connectivity index (χ0v) is 11.8. The van der Waals surface area contributed by atoms with Gasteiger partial charge in [0.2, 0.25) is 17.2 Å². The Balaban J connectivity index is 1.87. The van der Waals surface area contributed by atoms with E-state index in [2.05, 4.69) is 19.9 Å². The van der Waals surface area contributed by atoms with Gasteiger partial charge in [0.1, 0.15) is 6.33 Å². The molecule has 7 nitrogen and oxygen atoms in total. The molecule has 0 radical (unpaired) electrons. The largest absolute Gasteiger partial charge is 0.393 e. The highest BCUT2D eigenvalue weighted by Gasteiger charge is 2.28. The number of imidazole rings is 1. The number of rotatable bonds is 3. The number of aliphatic hydroxyl groups excluding tert-OH is 1. The topological polar surface area (TPSA) is 80.0 Å². The van der Waals surface area contributed by atoms with Crippen molar-refractivity contribution >= 4 is 17.5 Å². The lowest BCUT2D eigenvalue weighted by molar-refractivity contribution is 0.136. The predicted octanol–water partition coefficient (Wildman–Crippen LogP) is 0.918. The molecule has 1 fully saturated rings. The van der Waals surface area contributed by atoms with Crippen LogP contribution in [0.15, 0.2) is 18.7 Å². The summed E-state index contributed by atoms with van der Waals surface area (Å²) in [4.78, 5) is 18.7. The summed E-state index contributed by atoms with van der Waals surface area (Å²) in [6.07, 6.45) is 5.60. The minimum absolute atomic E-state index is 0.152. The highest BCUT2D eigenvalue weighted by atomic mass is 35.5. The van der Waals surface area contributed by atoms with Gasteiger partial charge in [0.05, 0.1) is 6.10 Å². The van der Waals surface area contributed by atoms with Crippen LogP contribution in [-0.2, 0) is 0 Å². The number of hydrogen-bond acceptors (Lipinski definition) is 6. The number of aromatic nitrogens is 5. The molecule has 0 aliphatic carbocycles. The van der Waals surface area contributed by atoms with Crippen LogP contribution >= 0.6 is 11.6 Å². The van der Waals surface area contributed by atoms with Crippen LogP contribution in [0.4, 0.5) is 5.95 Å².